The van der Waals surface area contributed by atoms with Gasteiger partial charge in [-0.1, -0.05) is 66.7 Å². The number of esters is 1. The van der Waals surface area contributed by atoms with E-state index in [0.29, 0.717) is 17.3 Å². The average molecular weight is 389 g/mol. The first-order valence-corrected chi connectivity index (χ1v) is 12.5. The maximum absolute atomic E-state index is 13.0. The van der Waals surface area contributed by atoms with Crippen molar-refractivity contribution >= 4 is 5.97 Å². The SMILES string of the molecule is CC(C)CCC[C@@H](C)[C@H]1CC[C@H]2[C@@H]3OC(=O)C4CCCC[C@]4(C)[C@H]3CC[C@]12C. The maximum atomic E-state index is 13.0. The van der Waals surface area contributed by atoms with E-state index in [1.165, 1.54) is 64.2 Å². The van der Waals surface area contributed by atoms with E-state index in [1.54, 1.807) is 0 Å². The van der Waals surface area contributed by atoms with Gasteiger partial charge in [-0.25, -0.2) is 0 Å². The Bertz CT molecular complexity index is 583. The van der Waals surface area contributed by atoms with Crippen molar-refractivity contribution in [1.29, 1.82) is 0 Å². The Morgan fingerprint density at radius 1 is 0.929 bits per heavy atom. The normalized spacial score (nSPS) is 46.5. The topological polar surface area (TPSA) is 26.3 Å². The van der Waals surface area contributed by atoms with Gasteiger partial charge in [-0.2, -0.15) is 0 Å². The van der Waals surface area contributed by atoms with Gasteiger partial charge in [0.25, 0.3) is 0 Å². The summed E-state index contributed by atoms with van der Waals surface area (Å²) < 4.78 is 6.31. The molecule has 1 saturated heterocycles. The molecule has 28 heavy (non-hydrogen) atoms. The molecule has 0 amide bonds. The lowest BCUT2D eigenvalue weighted by molar-refractivity contribution is -0.212. The quantitative estimate of drug-likeness (QED) is 0.473. The first kappa shape index (κ1) is 20.7. The fourth-order valence-corrected chi connectivity index (χ4v) is 8.37. The third-order valence-corrected chi connectivity index (χ3v) is 10.0. The van der Waals surface area contributed by atoms with Crippen LogP contribution in [0.4, 0.5) is 0 Å². The Kier molecular flexibility index (Phi) is 5.64. The van der Waals surface area contributed by atoms with Crippen LogP contribution in [0.3, 0.4) is 0 Å². The molecule has 0 aromatic carbocycles. The number of hydrogen-bond donors (Lipinski definition) is 0. The Labute approximate surface area is 173 Å². The van der Waals surface area contributed by atoms with E-state index in [-0.39, 0.29) is 23.4 Å². The van der Waals surface area contributed by atoms with Crippen LogP contribution in [0.25, 0.3) is 0 Å². The lowest BCUT2D eigenvalue weighted by atomic mass is 9.50. The fraction of sp³-hybridized carbons (Fsp3) is 0.962. The molecular weight excluding hydrogens is 344 g/mol. The van der Waals surface area contributed by atoms with Crippen molar-refractivity contribution in [2.24, 2.45) is 46.3 Å². The minimum Gasteiger partial charge on any atom is -0.462 e. The molecule has 4 aliphatic rings. The summed E-state index contributed by atoms with van der Waals surface area (Å²) in [5.41, 5.74) is 0.594. The lowest BCUT2D eigenvalue weighted by Crippen LogP contribution is -2.59. The van der Waals surface area contributed by atoms with E-state index in [2.05, 4.69) is 34.6 Å². The molecule has 160 valence electrons. The Morgan fingerprint density at radius 2 is 1.68 bits per heavy atom. The van der Waals surface area contributed by atoms with E-state index in [0.717, 1.165) is 24.2 Å². The zero-order chi connectivity index (χ0) is 20.1. The molecule has 3 aliphatic carbocycles. The molecule has 1 heterocycles. The average Bonchev–Trinajstić information content (AvgIpc) is 2.99. The third-order valence-electron chi connectivity index (χ3n) is 10.0. The van der Waals surface area contributed by atoms with Crippen LogP contribution in [0.1, 0.15) is 105 Å². The molecule has 0 bridgehead atoms. The molecule has 1 unspecified atom stereocenters. The summed E-state index contributed by atoms with van der Waals surface area (Å²) in [7, 11) is 0. The number of carbonyl (C=O) groups is 1. The Morgan fingerprint density at radius 3 is 2.43 bits per heavy atom. The molecule has 0 N–H and O–H groups in total. The number of hydrogen-bond acceptors (Lipinski definition) is 2. The van der Waals surface area contributed by atoms with Crippen molar-refractivity contribution < 1.29 is 9.53 Å². The Hall–Kier alpha value is -0.530. The van der Waals surface area contributed by atoms with Gasteiger partial charge in [0.1, 0.15) is 6.10 Å². The minimum atomic E-state index is 0.154. The molecule has 2 heteroatoms. The van der Waals surface area contributed by atoms with Gasteiger partial charge in [0.2, 0.25) is 0 Å². The second-order valence-electron chi connectivity index (χ2n) is 11.9. The summed E-state index contributed by atoms with van der Waals surface area (Å²) in [6.07, 6.45) is 14.4. The van der Waals surface area contributed by atoms with E-state index in [4.69, 9.17) is 4.74 Å². The van der Waals surface area contributed by atoms with Gasteiger partial charge in [-0.3, -0.25) is 4.79 Å². The third kappa shape index (κ3) is 3.25. The van der Waals surface area contributed by atoms with Crippen LogP contribution >= 0.6 is 0 Å². The monoisotopic (exact) mass is 388 g/mol. The highest BCUT2D eigenvalue weighted by Gasteiger charge is 2.63. The molecule has 4 fully saturated rings. The number of fused-ring (bicyclic) bond motifs is 5. The highest BCUT2D eigenvalue weighted by molar-refractivity contribution is 5.75. The molecular formula is C26H44O2. The predicted molar refractivity (Wildman–Crippen MR) is 115 cm³/mol. The summed E-state index contributed by atoms with van der Waals surface area (Å²) in [6.45, 7) is 12.2. The minimum absolute atomic E-state index is 0.154. The zero-order valence-corrected chi connectivity index (χ0v) is 19.1. The van der Waals surface area contributed by atoms with Crippen molar-refractivity contribution in [1.82, 2.24) is 0 Å². The summed E-state index contributed by atoms with van der Waals surface area (Å²) in [6, 6.07) is 0. The predicted octanol–water partition coefficient (Wildman–Crippen LogP) is 7.01. The van der Waals surface area contributed by atoms with Gasteiger partial charge in [-0.05, 0) is 67.1 Å². The zero-order valence-electron chi connectivity index (χ0n) is 19.1. The standard InChI is InChI=1S/C26H44O2/c1-17(2)9-8-10-18(3)19-12-13-20-23-21(14-16-26(19,20)5)25(4)15-7-6-11-22(25)24(27)28-23/h17-23H,6-16H2,1-5H3/t18-,19-,20+,21+,22?,23+,25-,26-/m1/s1. The van der Waals surface area contributed by atoms with E-state index in [9.17, 15) is 4.79 Å². The fourth-order valence-electron chi connectivity index (χ4n) is 8.37. The van der Waals surface area contributed by atoms with Crippen molar-refractivity contribution in [2.75, 3.05) is 0 Å². The first-order chi connectivity index (χ1) is 13.3. The van der Waals surface area contributed by atoms with Crippen molar-refractivity contribution in [3.63, 3.8) is 0 Å². The summed E-state index contributed by atoms with van der Waals surface area (Å²) >= 11 is 0. The molecule has 4 rings (SSSR count). The summed E-state index contributed by atoms with van der Waals surface area (Å²) in [4.78, 5) is 13.0. The first-order valence-electron chi connectivity index (χ1n) is 12.5. The van der Waals surface area contributed by atoms with Gasteiger partial charge >= 0.3 is 5.97 Å². The van der Waals surface area contributed by atoms with Crippen LogP contribution in [0, 0.1) is 46.3 Å². The summed E-state index contributed by atoms with van der Waals surface area (Å²) in [5, 5.41) is 0. The maximum Gasteiger partial charge on any atom is 0.309 e. The molecule has 0 spiro atoms. The largest absolute Gasteiger partial charge is 0.462 e. The Balaban J connectivity index is 1.50. The molecule has 1 aliphatic heterocycles. The van der Waals surface area contributed by atoms with Gasteiger partial charge in [-0.15, -0.1) is 0 Å². The molecule has 2 nitrogen and oxygen atoms in total. The van der Waals surface area contributed by atoms with Crippen LogP contribution in [0.5, 0.6) is 0 Å². The van der Waals surface area contributed by atoms with Crippen LogP contribution in [0.15, 0.2) is 0 Å². The van der Waals surface area contributed by atoms with Crippen LogP contribution < -0.4 is 0 Å². The highest BCUT2D eigenvalue weighted by Crippen LogP contribution is 2.65. The van der Waals surface area contributed by atoms with Crippen LogP contribution in [-0.4, -0.2) is 12.1 Å². The van der Waals surface area contributed by atoms with E-state index >= 15 is 0 Å². The van der Waals surface area contributed by atoms with Crippen LogP contribution in [0.2, 0.25) is 0 Å². The number of ether oxygens (including phenoxy) is 1. The molecule has 0 aromatic rings. The molecule has 0 radical (unpaired) electrons. The highest BCUT2D eigenvalue weighted by atomic mass is 16.5. The van der Waals surface area contributed by atoms with E-state index in [1.807, 2.05) is 0 Å². The second kappa shape index (κ2) is 7.62. The number of carbonyl (C=O) groups excluding carboxylic acids is 1. The molecule has 3 saturated carbocycles. The van der Waals surface area contributed by atoms with Gasteiger partial charge in [0, 0.05) is 11.8 Å². The smallest absolute Gasteiger partial charge is 0.309 e. The van der Waals surface area contributed by atoms with Crippen molar-refractivity contribution in [2.45, 2.75) is 111 Å². The van der Waals surface area contributed by atoms with Crippen molar-refractivity contribution in [3.8, 4) is 0 Å². The molecule has 8 atom stereocenters. The number of rotatable bonds is 5. The van der Waals surface area contributed by atoms with Crippen molar-refractivity contribution in [3.05, 3.63) is 0 Å². The van der Waals surface area contributed by atoms with Gasteiger partial charge in [0.15, 0.2) is 0 Å². The van der Waals surface area contributed by atoms with Crippen LogP contribution in [-0.2, 0) is 9.53 Å². The summed E-state index contributed by atoms with van der Waals surface area (Å²) in [5.74, 6) is 4.00. The second-order valence-corrected chi connectivity index (χ2v) is 11.9. The van der Waals surface area contributed by atoms with Gasteiger partial charge in [0.05, 0.1) is 5.92 Å². The van der Waals surface area contributed by atoms with E-state index < -0.39 is 0 Å². The molecule has 0 aromatic heterocycles. The van der Waals surface area contributed by atoms with Gasteiger partial charge < -0.3 is 4.74 Å². The lowest BCUT2D eigenvalue weighted by Gasteiger charge is -2.59.